The van der Waals surface area contributed by atoms with Crippen molar-refractivity contribution in [2.24, 2.45) is 0 Å². The first kappa shape index (κ1) is 18.8. The summed E-state index contributed by atoms with van der Waals surface area (Å²) in [5, 5.41) is 26.9. The molecule has 1 aliphatic rings. The first-order chi connectivity index (χ1) is 13.7. The molecule has 1 aliphatic heterocycles. The van der Waals surface area contributed by atoms with Gasteiger partial charge in [-0.25, -0.2) is 0 Å². The number of ether oxygens (including phenoxy) is 1. The van der Waals surface area contributed by atoms with E-state index in [0.29, 0.717) is 23.0 Å². The van der Waals surface area contributed by atoms with Gasteiger partial charge >= 0.3 is 0 Å². The molecule has 1 aromatic carbocycles. The average Bonchev–Trinajstić information content (AvgIpc) is 3.46. The topological polar surface area (TPSA) is 129 Å². The second kappa shape index (κ2) is 8.63. The highest BCUT2D eigenvalue weighted by Crippen LogP contribution is 2.29. The van der Waals surface area contributed by atoms with Crippen molar-refractivity contribution >= 4 is 33.9 Å². The lowest BCUT2D eigenvalue weighted by atomic mass is 10.2. The molecule has 0 aliphatic carbocycles. The lowest BCUT2D eigenvalue weighted by Gasteiger charge is -2.08. The Kier molecular flexibility index (Phi) is 5.78. The Balaban J connectivity index is 1.30. The van der Waals surface area contributed by atoms with Crippen molar-refractivity contribution in [1.82, 2.24) is 20.3 Å². The number of non-ortho nitro benzene ring substituents is 1. The van der Waals surface area contributed by atoms with E-state index in [1.165, 1.54) is 35.2 Å². The minimum atomic E-state index is -0.450. The van der Waals surface area contributed by atoms with Gasteiger partial charge in [-0.3, -0.25) is 10.1 Å². The zero-order chi connectivity index (χ0) is 19.3. The second-order valence-corrected chi connectivity index (χ2v) is 8.19. The average molecular weight is 420 g/mol. The zero-order valence-electron chi connectivity index (χ0n) is 14.6. The normalized spacial score (nSPS) is 16.4. The maximum atomic E-state index is 10.7. The van der Waals surface area contributed by atoms with Crippen LogP contribution in [0.15, 0.2) is 33.1 Å². The van der Waals surface area contributed by atoms with Crippen molar-refractivity contribution in [2.45, 2.75) is 29.0 Å². The molecule has 1 unspecified atom stereocenters. The Morgan fingerprint density at radius 1 is 1.32 bits per heavy atom. The molecular weight excluding hydrogens is 404 g/mol. The Bertz CT molecular complexity index is 939. The van der Waals surface area contributed by atoms with Gasteiger partial charge in [-0.1, -0.05) is 28.3 Å². The first-order valence-corrected chi connectivity index (χ1v) is 10.4. The summed E-state index contributed by atoms with van der Waals surface area (Å²) in [4.78, 5) is 14.6. The molecule has 10 nitrogen and oxygen atoms in total. The van der Waals surface area contributed by atoms with Crippen LogP contribution < -0.4 is 5.32 Å². The smallest absolute Gasteiger partial charge is 0.269 e. The van der Waals surface area contributed by atoms with Gasteiger partial charge in [0.25, 0.3) is 5.69 Å². The van der Waals surface area contributed by atoms with Crippen LogP contribution in [0.5, 0.6) is 0 Å². The second-order valence-electron chi connectivity index (χ2n) is 5.99. The number of nitro benzene ring substituents is 1. The molecule has 3 heterocycles. The van der Waals surface area contributed by atoms with Gasteiger partial charge in [0, 0.05) is 30.8 Å². The van der Waals surface area contributed by atoms with Gasteiger partial charge in [-0.2, -0.15) is 4.98 Å². The molecule has 0 saturated carbocycles. The zero-order valence-corrected chi connectivity index (χ0v) is 16.2. The molecule has 1 atom stereocenters. The third-order valence-electron chi connectivity index (χ3n) is 4.03. The third-order valence-corrected chi connectivity index (χ3v) is 6.03. The standard InChI is InChI=1S/C16H16N6O4S2/c23-22(24)11-5-3-10(4-6-11)14-18-13(26-21-14)9-27-16-20-19-15(28-16)17-8-12-2-1-7-25-12/h3-6,12H,1-2,7-9H2,(H,17,19). The van der Waals surface area contributed by atoms with Crippen LogP contribution in [0.3, 0.4) is 0 Å². The van der Waals surface area contributed by atoms with E-state index in [2.05, 4.69) is 25.7 Å². The molecule has 4 rings (SSSR count). The number of benzene rings is 1. The predicted molar refractivity (Wildman–Crippen MR) is 103 cm³/mol. The molecule has 3 aromatic rings. The van der Waals surface area contributed by atoms with E-state index in [-0.39, 0.29) is 11.8 Å². The fourth-order valence-electron chi connectivity index (χ4n) is 2.63. The number of hydrogen-bond acceptors (Lipinski definition) is 11. The summed E-state index contributed by atoms with van der Waals surface area (Å²) in [6, 6.07) is 6.01. The Morgan fingerprint density at radius 3 is 2.93 bits per heavy atom. The molecule has 0 radical (unpaired) electrons. The van der Waals surface area contributed by atoms with Crippen LogP contribution in [0.25, 0.3) is 11.4 Å². The molecule has 0 bridgehead atoms. The maximum absolute atomic E-state index is 10.7. The van der Waals surface area contributed by atoms with Gasteiger partial charge in [-0.05, 0) is 25.0 Å². The third kappa shape index (κ3) is 4.64. The minimum Gasteiger partial charge on any atom is -0.376 e. The molecule has 1 N–H and O–H groups in total. The molecular formula is C16H16N6O4S2. The molecule has 1 fully saturated rings. The number of anilines is 1. The summed E-state index contributed by atoms with van der Waals surface area (Å²) in [5.74, 6) is 1.30. The summed E-state index contributed by atoms with van der Waals surface area (Å²) >= 11 is 2.92. The van der Waals surface area contributed by atoms with Crippen LogP contribution in [-0.4, -0.2) is 44.5 Å². The van der Waals surface area contributed by atoms with Crippen molar-refractivity contribution in [2.75, 3.05) is 18.5 Å². The molecule has 28 heavy (non-hydrogen) atoms. The molecule has 146 valence electrons. The van der Waals surface area contributed by atoms with Crippen molar-refractivity contribution in [3.8, 4) is 11.4 Å². The molecule has 0 spiro atoms. The molecule has 2 aromatic heterocycles. The summed E-state index contributed by atoms with van der Waals surface area (Å²) in [7, 11) is 0. The minimum absolute atomic E-state index is 0.0169. The number of nitrogens with zero attached hydrogens (tertiary/aromatic N) is 5. The van der Waals surface area contributed by atoms with Crippen molar-refractivity contribution < 1.29 is 14.2 Å². The van der Waals surface area contributed by atoms with Gasteiger partial charge in [-0.15, -0.1) is 10.2 Å². The van der Waals surface area contributed by atoms with E-state index in [1.54, 1.807) is 12.1 Å². The summed E-state index contributed by atoms with van der Waals surface area (Å²) in [6.07, 6.45) is 2.42. The number of aromatic nitrogens is 4. The highest BCUT2D eigenvalue weighted by molar-refractivity contribution is 8.00. The molecule has 12 heteroatoms. The van der Waals surface area contributed by atoms with Crippen LogP contribution >= 0.6 is 23.1 Å². The highest BCUT2D eigenvalue weighted by Gasteiger charge is 2.16. The Hall–Kier alpha value is -2.57. The number of rotatable bonds is 8. The number of thioether (sulfide) groups is 1. The van der Waals surface area contributed by atoms with Crippen LogP contribution in [0.4, 0.5) is 10.8 Å². The van der Waals surface area contributed by atoms with E-state index < -0.39 is 4.92 Å². The lowest BCUT2D eigenvalue weighted by Crippen LogP contribution is -2.18. The summed E-state index contributed by atoms with van der Waals surface area (Å²) in [6.45, 7) is 1.57. The predicted octanol–water partition coefficient (Wildman–Crippen LogP) is 3.38. The largest absolute Gasteiger partial charge is 0.376 e. The highest BCUT2D eigenvalue weighted by atomic mass is 32.2. The van der Waals surface area contributed by atoms with E-state index in [9.17, 15) is 10.1 Å². The number of nitrogens with one attached hydrogen (secondary N) is 1. The number of nitro groups is 1. The maximum Gasteiger partial charge on any atom is 0.269 e. The summed E-state index contributed by atoms with van der Waals surface area (Å²) in [5.41, 5.74) is 0.672. The van der Waals surface area contributed by atoms with Crippen molar-refractivity contribution in [1.29, 1.82) is 0 Å². The fourth-order valence-corrected chi connectivity index (χ4v) is 4.23. The SMILES string of the molecule is O=[N+]([O-])c1ccc(-c2noc(CSc3nnc(NCC4CCCO4)s3)n2)cc1. The van der Waals surface area contributed by atoms with Gasteiger partial charge in [0.2, 0.25) is 16.8 Å². The van der Waals surface area contributed by atoms with E-state index in [4.69, 9.17) is 9.26 Å². The Labute approximate surface area is 167 Å². The first-order valence-electron chi connectivity index (χ1n) is 8.56. The van der Waals surface area contributed by atoms with Crippen LogP contribution in [0.1, 0.15) is 18.7 Å². The van der Waals surface area contributed by atoms with Crippen molar-refractivity contribution in [3.05, 3.63) is 40.3 Å². The Morgan fingerprint density at radius 2 is 2.18 bits per heavy atom. The van der Waals surface area contributed by atoms with Crippen molar-refractivity contribution in [3.63, 3.8) is 0 Å². The van der Waals surface area contributed by atoms with Gasteiger partial charge < -0.3 is 14.6 Å². The van der Waals surface area contributed by atoms with E-state index in [0.717, 1.165) is 35.5 Å². The molecule has 1 saturated heterocycles. The van der Waals surface area contributed by atoms with Crippen LogP contribution in [-0.2, 0) is 10.5 Å². The van der Waals surface area contributed by atoms with E-state index >= 15 is 0 Å². The quantitative estimate of drug-likeness (QED) is 0.329. The van der Waals surface area contributed by atoms with Gasteiger partial charge in [0.05, 0.1) is 16.8 Å². The molecule has 0 amide bonds. The number of hydrogen-bond donors (Lipinski definition) is 1. The summed E-state index contributed by atoms with van der Waals surface area (Å²) < 4.78 is 11.6. The van der Waals surface area contributed by atoms with Crippen LogP contribution in [0, 0.1) is 10.1 Å². The fraction of sp³-hybridized carbons (Fsp3) is 0.375. The van der Waals surface area contributed by atoms with Gasteiger partial charge in [0.1, 0.15) is 0 Å². The monoisotopic (exact) mass is 420 g/mol. The van der Waals surface area contributed by atoms with Gasteiger partial charge in [0.15, 0.2) is 4.34 Å². The van der Waals surface area contributed by atoms with Crippen LogP contribution in [0.2, 0.25) is 0 Å². The lowest BCUT2D eigenvalue weighted by molar-refractivity contribution is -0.384. The van der Waals surface area contributed by atoms with E-state index in [1.807, 2.05) is 0 Å².